The van der Waals surface area contributed by atoms with Crippen LogP contribution in [0.25, 0.3) is 5.69 Å². The molecule has 1 N–H and O–H groups in total. The van der Waals surface area contributed by atoms with Crippen molar-refractivity contribution in [3.05, 3.63) is 59.2 Å². The summed E-state index contributed by atoms with van der Waals surface area (Å²) in [6.45, 7) is 3.90. The molecule has 1 heterocycles. The number of aryl methyl sites for hydroxylation is 2. The average molecular weight is 375 g/mol. The Bertz CT molecular complexity index is 920. The van der Waals surface area contributed by atoms with Gasteiger partial charge in [-0.2, -0.15) is 4.68 Å². The van der Waals surface area contributed by atoms with Gasteiger partial charge in [-0.3, -0.25) is 4.79 Å². The number of carbonyl (C=O) groups excluding carboxylic acids is 1. The molecule has 0 spiro atoms. The minimum atomic E-state index is -0.757. The number of para-hydroxylation sites is 1. The predicted molar refractivity (Wildman–Crippen MR) is 94.3 cm³/mol. The maximum atomic E-state index is 13.2. The topological polar surface area (TPSA) is 72.7 Å². The smallest absolute Gasteiger partial charge is 0.234 e. The van der Waals surface area contributed by atoms with Gasteiger partial charge in [-0.1, -0.05) is 30.0 Å². The van der Waals surface area contributed by atoms with Crippen molar-refractivity contribution < 1.29 is 13.6 Å². The quantitative estimate of drug-likeness (QED) is 0.693. The van der Waals surface area contributed by atoms with E-state index in [1.54, 1.807) is 4.68 Å². The van der Waals surface area contributed by atoms with Gasteiger partial charge in [0.05, 0.1) is 11.4 Å². The van der Waals surface area contributed by atoms with Gasteiger partial charge in [-0.25, -0.2) is 8.78 Å². The van der Waals surface area contributed by atoms with E-state index in [0.717, 1.165) is 46.8 Å². The zero-order valence-corrected chi connectivity index (χ0v) is 14.8. The molecule has 3 rings (SSSR count). The Hall–Kier alpha value is -2.81. The second-order valence-corrected chi connectivity index (χ2v) is 6.55. The maximum absolute atomic E-state index is 13.2. The highest BCUT2D eigenvalue weighted by molar-refractivity contribution is 7.99. The number of thioether (sulfide) groups is 1. The lowest BCUT2D eigenvalue weighted by atomic mass is 10.1. The fourth-order valence-corrected chi connectivity index (χ4v) is 3.18. The van der Waals surface area contributed by atoms with E-state index in [0.29, 0.717) is 5.16 Å². The van der Waals surface area contributed by atoms with Crippen LogP contribution in [0.15, 0.2) is 41.6 Å². The minimum absolute atomic E-state index is 0.0105. The third-order valence-electron chi connectivity index (χ3n) is 3.57. The summed E-state index contributed by atoms with van der Waals surface area (Å²) in [6.07, 6.45) is 0. The molecule has 0 aliphatic carbocycles. The van der Waals surface area contributed by atoms with Crippen molar-refractivity contribution >= 4 is 23.4 Å². The summed E-state index contributed by atoms with van der Waals surface area (Å²) in [5, 5.41) is 14.5. The van der Waals surface area contributed by atoms with E-state index in [1.165, 1.54) is 0 Å². The van der Waals surface area contributed by atoms with Crippen molar-refractivity contribution in [2.45, 2.75) is 19.0 Å². The van der Waals surface area contributed by atoms with Crippen molar-refractivity contribution in [2.75, 3.05) is 11.1 Å². The molecule has 0 radical (unpaired) electrons. The molecule has 0 bridgehead atoms. The lowest BCUT2D eigenvalue weighted by Crippen LogP contribution is -2.15. The third kappa shape index (κ3) is 4.05. The fraction of sp³-hybridized carbons (Fsp3) is 0.176. The van der Waals surface area contributed by atoms with Crippen LogP contribution >= 0.6 is 11.8 Å². The Labute approximate surface area is 152 Å². The van der Waals surface area contributed by atoms with Crippen molar-refractivity contribution in [1.82, 2.24) is 20.2 Å². The number of nitrogens with one attached hydrogen (secondary N) is 1. The van der Waals surface area contributed by atoms with Gasteiger partial charge in [0, 0.05) is 11.8 Å². The number of hydrogen-bond acceptors (Lipinski definition) is 5. The van der Waals surface area contributed by atoms with E-state index >= 15 is 0 Å². The molecule has 1 amide bonds. The number of carbonyl (C=O) groups is 1. The Morgan fingerprint density at radius 1 is 1.15 bits per heavy atom. The second-order valence-electron chi connectivity index (χ2n) is 5.61. The van der Waals surface area contributed by atoms with Crippen LogP contribution in [0.4, 0.5) is 14.5 Å². The van der Waals surface area contributed by atoms with Crippen LogP contribution < -0.4 is 5.32 Å². The maximum Gasteiger partial charge on any atom is 0.234 e. The van der Waals surface area contributed by atoms with Crippen molar-refractivity contribution in [3.63, 3.8) is 0 Å². The molecule has 134 valence electrons. The number of hydrogen-bond donors (Lipinski definition) is 1. The molecule has 9 heteroatoms. The molecule has 0 atom stereocenters. The van der Waals surface area contributed by atoms with E-state index in [4.69, 9.17) is 0 Å². The van der Waals surface area contributed by atoms with Gasteiger partial charge < -0.3 is 5.32 Å². The summed E-state index contributed by atoms with van der Waals surface area (Å²) in [4.78, 5) is 12.1. The SMILES string of the molecule is Cc1cccc(C)c1-n1nnnc1SCC(=O)Nc1cc(F)cc(F)c1. The molecule has 3 aromatic rings. The minimum Gasteiger partial charge on any atom is -0.325 e. The Morgan fingerprint density at radius 2 is 1.81 bits per heavy atom. The molecule has 1 aromatic heterocycles. The largest absolute Gasteiger partial charge is 0.325 e. The number of nitrogens with zero attached hydrogens (tertiary/aromatic N) is 4. The van der Waals surface area contributed by atoms with Crippen LogP contribution in [0.3, 0.4) is 0 Å². The van der Waals surface area contributed by atoms with Gasteiger partial charge in [0.25, 0.3) is 0 Å². The first-order chi connectivity index (χ1) is 12.4. The van der Waals surface area contributed by atoms with Gasteiger partial charge in [0.15, 0.2) is 0 Å². The molecule has 6 nitrogen and oxygen atoms in total. The van der Waals surface area contributed by atoms with Crippen molar-refractivity contribution in [2.24, 2.45) is 0 Å². The van der Waals surface area contributed by atoms with E-state index < -0.39 is 17.5 Å². The molecule has 26 heavy (non-hydrogen) atoms. The summed E-state index contributed by atoms with van der Waals surface area (Å²) >= 11 is 1.13. The van der Waals surface area contributed by atoms with Gasteiger partial charge in [0.1, 0.15) is 11.6 Å². The summed E-state index contributed by atoms with van der Waals surface area (Å²) in [5.74, 6) is -1.95. The van der Waals surface area contributed by atoms with E-state index in [1.807, 2.05) is 32.0 Å². The predicted octanol–water partition coefficient (Wildman–Crippen LogP) is 3.29. The first-order valence-corrected chi connectivity index (χ1v) is 8.66. The van der Waals surface area contributed by atoms with E-state index in [-0.39, 0.29) is 11.4 Å². The summed E-state index contributed by atoms with van der Waals surface area (Å²) in [7, 11) is 0. The van der Waals surface area contributed by atoms with Crippen molar-refractivity contribution in [3.8, 4) is 5.69 Å². The van der Waals surface area contributed by atoms with Gasteiger partial charge >= 0.3 is 0 Å². The van der Waals surface area contributed by atoms with Gasteiger partial charge in [-0.15, -0.1) is 5.10 Å². The third-order valence-corrected chi connectivity index (χ3v) is 4.49. The molecule has 0 fully saturated rings. The number of rotatable bonds is 5. The summed E-state index contributed by atoms with van der Waals surface area (Å²) in [5.41, 5.74) is 2.91. The highest BCUT2D eigenvalue weighted by Gasteiger charge is 2.15. The zero-order valence-electron chi connectivity index (χ0n) is 14.0. The molecule has 0 unspecified atom stereocenters. The fourth-order valence-electron chi connectivity index (χ4n) is 2.50. The van der Waals surface area contributed by atoms with E-state index in [9.17, 15) is 13.6 Å². The van der Waals surface area contributed by atoms with Crippen LogP contribution in [0.2, 0.25) is 0 Å². The first kappa shape index (κ1) is 18.0. The number of halogens is 2. The Kier molecular flexibility index (Phi) is 5.27. The molecule has 0 aliphatic rings. The standard InChI is InChI=1S/C17H15F2N5OS/c1-10-4-3-5-11(2)16(10)24-17(21-22-23-24)26-9-15(25)20-14-7-12(18)6-13(19)8-14/h3-8H,9H2,1-2H3,(H,20,25). The van der Waals surface area contributed by atoms with Crippen LogP contribution in [0.5, 0.6) is 0 Å². The van der Waals surface area contributed by atoms with Crippen LogP contribution in [-0.2, 0) is 4.79 Å². The van der Waals surface area contributed by atoms with Gasteiger partial charge in [-0.05, 0) is 47.5 Å². The average Bonchev–Trinajstić information content (AvgIpc) is 3.00. The molecule has 2 aromatic carbocycles. The highest BCUT2D eigenvalue weighted by atomic mass is 32.2. The number of tetrazole rings is 1. The lowest BCUT2D eigenvalue weighted by molar-refractivity contribution is -0.113. The van der Waals surface area contributed by atoms with Crippen LogP contribution in [-0.4, -0.2) is 31.9 Å². The first-order valence-electron chi connectivity index (χ1n) is 7.68. The number of benzene rings is 2. The summed E-state index contributed by atoms with van der Waals surface area (Å²) < 4.78 is 27.9. The number of anilines is 1. The lowest BCUT2D eigenvalue weighted by Gasteiger charge is -2.10. The molecular weight excluding hydrogens is 360 g/mol. The van der Waals surface area contributed by atoms with Crippen LogP contribution in [0, 0.1) is 25.5 Å². The molecule has 0 saturated heterocycles. The zero-order chi connectivity index (χ0) is 18.7. The Morgan fingerprint density at radius 3 is 2.46 bits per heavy atom. The molecule has 0 aliphatic heterocycles. The summed E-state index contributed by atoms with van der Waals surface area (Å²) in [6, 6.07) is 8.67. The number of aromatic nitrogens is 4. The monoisotopic (exact) mass is 375 g/mol. The normalized spacial score (nSPS) is 10.8. The second kappa shape index (κ2) is 7.61. The Balaban J connectivity index is 1.71. The molecular formula is C17H15F2N5OS. The van der Waals surface area contributed by atoms with Crippen molar-refractivity contribution in [1.29, 1.82) is 0 Å². The number of amides is 1. The van der Waals surface area contributed by atoms with Gasteiger partial charge in [0.2, 0.25) is 11.1 Å². The molecule has 0 saturated carbocycles. The highest BCUT2D eigenvalue weighted by Crippen LogP contribution is 2.23. The van der Waals surface area contributed by atoms with E-state index in [2.05, 4.69) is 20.8 Å². The van der Waals surface area contributed by atoms with Crippen LogP contribution in [0.1, 0.15) is 11.1 Å².